The summed E-state index contributed by atoms with van der Waals surface area (Å²) in [6.07, 6.45) is 13.6. The fourth-order valence-corrected chi connectivity index (χ4v) is 2.73. The molecule has 0 heterocycles. The first-order chi connectivity index (χ1) is 12.4. The van der Waals surface area contributed by atoms with Gasteiger partial charge in [0, 0.05) is 13.0 Å². The number of unbranched alkanes of at least 4 members (excludes halogenated alkanes) is 5. The van der Waals surface area contributed by atoms with Crippen LogP contribution in [-0.4, -0.2) is 23.5 Å². The number of carboxylic acids is 1. The summed E-state index contributed by atoms with van der Waals surface area (Å²) in [6.45, 7) is 9.01. The second-order valence-corrected chi connectivity index (χ2v) is 7.46. The molecule has 0 bridgehead atoms. The van der Waals surface area contributed by atoms with Crippen molar-refractivity contribution in [2.45, 2.75) is 91.9 Å². The minimum Gasteiger partial charge on any atom is -0.481 e. The Hall–Kier alpha value is -1.58. The van der Waals surface area contributed by atoms with Gasteiger partial charge in [-0.2, -0.15) is 0 Å². The van der Waals surface area contributed by atoms with E-state index < -0.39 is 11.9 Å². The quantitative estimate of drug-likeness (QED) is 0.292. The number of carbonyl (C=O) groups excluding carboxylic acids is 1. The van der Waals surface area contributed by atoms with E-state index in [1.165, 1.54) is 36.8 Å². The van der Waals surface area contributed by atoms with Crippen LogP contribution >= 0.6 is 0 Å². The van der Waals surface area contributed by atoms with Crippen LogP contribution in [0.2, 0.25) is 0 Å². The highest BCUT2D eigenvalue weighted by Crippen LogP contribution is 2.14. The molecule has 0 saturated carbocycles. The second kappa shape index (κ2) is 15.7. The van der Waals surface area contributed by atoms with Crippen molar-refractivity contribution in [1.82, 2.24) is 5.32 Å². The number of amides is 1. The highest BCUT2D eigenvalue weighted by Gasteiger charge is 2.19. The van der Waals surface area contributed by atoms with E-state index in [0.29, 0.717) is 13.0 Å². The summed E-state index contributed by atoms with van der Waals surface area (Å²) in [5.41, 5.74) is 2.48. The van der Waals surface area contributed by atoms with Crippen LogP contribution in [0.25, 0.3) is 0 Å². The molecule has 0 aromatic heterocycles. The molecule has 0 aromatic carbocycles. The zero-order valence-electron chi connectivity index (χ0n) is 17.3. The zero-order chi connectivity index (χ0) is 19.8. The Bertz CT molecular complexity index is 462. The molecule has 0 fully saturated rings. The van der Waals surface area contributed by atoms with E-state index in [1.807, 2.05) is 13.0 Å². The molecule has 2 N–H and O–H groups in total. The third-order valence-corrected chi connectivity index (χ3v) is 4.48. The van der Waals surface area contributed by atoms with Crippen molar-refractivity contribution >= 4 is 11.9 Å². The molecule has 4 heteroatoms. The molecule has 0 aliphatic carbocycles. The van der Waals surface area contributed by atoms with Gasteiger partial charge in [-0.15, -0.1) is 0 Å². The van der Waals surface area contributed by atoms with Gasteiger partial charge < -0.3 is 10.4 Å². The summed E-state index contributed by atoms with van der Waals surface area (Å²) >= 11 is 0. The lowest BCUT2D eigenvalue weighted by atomic mass is 9.98. The fraction of sp³-hybridized carbons (Fsp3) is 0.727. The second-order valence-electron chi connectivity index (χ2n) is 7.46. The third-order valence-electron chi connectivity index (χ3n) is 4.48. The van der Waals surface area contributed by atoms with Crippen LogP contribution in [0.4, 0.5) is 0 Å². The summed E-state index contributed by atoms with van der Waals surface area (Å²) in [5, 5.41) is 12.2. The number of carboxylic acid groups (broad SMARTS) is 1. The Morgan fingerprint density at radius 1 is 1.00 bits per heavy atom. The maximum Gasteiger partial charge on any atom is 0.307 e. The summed E-state index contributed by atoms with van der Waals surface area (Å²) in [6, 6.07) is 0. The van der Waals surface area contributed by atoms with Gasteiger partial charge in [0.2, 0.25) is 5.91 Å². The van der Waals surface area contributed by atoms with Crippen molar-refractivity contribution in [3.8, 4) is 0 Å². The van der Waals surface area contributed by atoms with E-state index in [-0.39, 0.29) is 12.3 Å². The Balaban J connectivity index is 4.11. The van der Waals surface area contributed by atoms with Crippen molar-refractivity contribution in [2.75, 3.05) is 6.54 Å². The Morgan fingerprint density at radius 2 is 1.65 bits per heavy atom. The molecule has 0 aliphatic heterocycles. The van der Waals surface area contributed by atoms with Crippen molar-refractivity contribution in [2.24, 2.45) is 5.92 Å². The van der Waals surface area contributed by atoms with E-state index in [2.05, 4.69) is 32.2 Å². The molecule has 26 heavy (non-hydrogen) atoms. The van der Waals surface area contributed by atoms with Gasteiger partial charge in [-0.25, -0.2) is 0 Å². The molecular formula is C22H39NO3. The average Bonchev–Trinajstić information content (AvgIpc) is 2.57. The number of aliphatic carboxylic acids is 1. The van der Waals surface area contributed by atoms with Crippen molar-refractivity contribution in [3.63, 3.8) is 0 Å². The van der Waals surface area contributed by atoms with E-state index in [1.54, 1.807) is 0 Å². The van der Waals surface area contributed by atoms with Crippen molar-refractivity contribution < 1.29 is 14.7 Å². The van der Waals surface area contributed by atoms with Crippen molar-refractivity contribution in [3.05, 3.63) is 23.3 Å². The highest BCUT2D eigenvalue weighted by atomic mass is 16.4. The van der Waals surface area contributed by atoms with Crippen LogP contribution in [0.5, 0.6) is 0 Å². The summed E-state index contributed by atoms with van der Waals surface area (Å²) in [7, 11) is 0. The van der Waals surface area contributed by atoms with Crippen LogP contribution in [0, 0.1) is 5.92 Å². The predicted molar refractivity (Wildman–Crippen MR) is 109 cm³/mol. The maximum absolute atomic E-state index is 12.0. The van der Waals surface area contributed by atoms with Crippen LogP contribution in [0.3, 0.4) is 0 Å². The molecular weight excluding hydrogens is 326 g/mol. The first-order valence-electron chi connectivity index (χ1n) is 10.1. The molecule has 1 amide bonds. The van der Waals surface area contributed by atoms with Gasteiger partial charge in [0.25, 0.3) is 0 Å². The first kappa shape index (κ1) is 24.4. The van der Waals surface area contributed by atoms with Gasteiger partial charge in [-0.1, -0.05) is 62.3 Å². The van der Waals surface area contributed by atoms with E-state index in [0.717, 1.165) is 25.7 Å². The van der Waals surface area contributed by atoms with Crippen molar-refractivity contribution in [1.29, 1.82) is 0 Å². The van der Waals surface area contributed by atoms with Gasteiger partial charge in [-0.3, -0.25) is 9.59 Å². The van der Waals surface area contributed by atoms with Gasteiger partial charge in [0.1, 0.15) is 0 Å². The Kier molecular flexibility index (Phi) is 14.7. The van der Waals surface area contributed by atoms with Gasteiger partial charge in [0.15, 0.2) is 0 Å². The summed E-state index contributed by atoms with van der Waals surface area (Å²) in [4.78, 5) is 23.4. The number of carbonyl (C=O) groups is 2. The van der Waals surface area contributed by atoms with Crippen LogP contribution in [0.15, 0.2) is 23.3 Å². The summed E-state index contributed by atoms with van der Waals surface area (Å²) < 4.78 is 0. The molecule has 0 saturated heterocycles. The third kappa shape index (κ3) is 14.7. The van der Waals surface area contributed by atoms with E-state index >= 15 is 0 Å². The number of nitrogens with one attached hydrogen (secondary N) is 1. The Morgan fingerprint density at radius 3 is 2.27 bits per heavy atom. The molecule has 0 radical (unpaired) electrons. The van der Waals surface area contributed by atoms with Crippen LogP contribution in [0.1, 0.15) is 91.9 Å². The number of allylic oxidation sites excluding steroid dienone is 4. The van der Waals surface area contributed by atoms with E-state index in [4.69, 9.17) is 0 Å². The largest absolute Gasteiger partial charge is 0.481 e. The minimum atomic E-state index is -0.895. The lowest BCUT2D eigenvalue weighted by Gasteiger charge is -2.11. The monoisotopic (exact) mass is 365 g/mol. The number of hydrogen-bond acceptors (Lipinski definition) is 2. The zero-order valence-corrected chi connectivity index (χ0v) is 17.3. The average molecular weight is 366 g/mol. The smallest absolute Gasteiger partial charge is 0.307 e. The SMILES string of the molecule is CCCCCCCCNC(=O)CC(C/C=C(\C)CCC=C(C)C)C(=O)O. The highest BCUT2D eigenvalue weighted by molar-refractivity contribution is 5.82. The van der Waals surface area contributed by atoms with Gasteiger partial charge >= 0.3 is 5.97 Å². The number of hydrogen-bond donors (Lipinski definition) is 2. The summed E-state index contributed by atoms with van der Waals surface area (Å²) in [5.74, 6) is -1.69. The standard InChI is InChI=1S/C22H39NO3/c1-5-6-7-8-9-10-16-23-21(24)17-20(22(25)26)15-14-19(4)13-11-12-18(2)3/h12,14,20H,5-11,13,15-17H2,1-4H3,(H,23,24)(H,25,26)/b19-14+. The molecule has 0 aromatic rings. The fourth-order valence-electron chi connectivity index (χ4n) is 2.73. The van der Waals surface area contributed by atoms with Crippen LogP contribution < -0.4 is 5.32 Å². The maximum atomic E-state index is 12.0. The minimum absolute atomic E-state index is 0.0585. The van der Waals surface area contributed by atoms with Crippen LogP contribution in [-0.2, 0) is 9.59 Å². The molecule has 1 atom stereocenters. The van der Waals surface area contributed by atoms with Gasteiger partial charge in [0.05, 0.1) is 5.92 Å². The topological polar surface area (TPSA) is 66.4 Å². The normalized spacial score (nSPS) is 12.5. The molecule has 0 rings (SSSR count). The molecule has 0 aliphatic rings. The van der Waals surface area contributed by atoms with Gasteiger partial charge in [-0.05, 0) is 46.5 Å². The molecule has 150 valence electrons. The molecule has 1 unspecified atom stereocenters. The first-order valence-corrected chi connectivity index (χ1v) is 10.1. The molecule has 4 nitrogen and oxygen atoms in total. The molecule has 0 spiro atoms. The Labute approximate surface area is 160 Å². The lowest BCUT2D eigenvalue weighted by Crippen LogP contribution is -2.29. The predicted octanol–water partition coefficient (Wildman–Crippen LogP) is 5.64. The number of rotatable bonds is 15. The lowest BCUT2D eigenvalue weighted by molar-refractivity contribution is -0.143. The van der Waals surface area contributed by atoms with E-state index in [9.17, 15) is 14.7 Å².